The average molecular weight is 339 g/mol. The van der Waals surface area contributed by atoms with Crippen LogP contribution in [0.4, 0.5) is 0 Å². The highest BCUT2D eigenvalue weighted by atomic mass is 79.9. The first-order valence-electron chi connectivity index (χ1n) is 6.14. The fourth-order valence-corrected chi connectivity index (χ4v) is 2.75. The predicted octanol–water partition coefficient (Wildman–Crippen LogP) is 4.03. The van der Waals surface area contributed by atoms with Crippen molar-refractivity contribution in [3.05, 3.63) is 46.7 Å². The largest absolute Gasteiger partial charge is 0.292 e. The van der Waals surface area contributed by atoms with Crippen molar-refractivity contribution < 1.29 is 4.79 Å². The topological polar surface area (TPSA) is 34.9 Å². The van der Waals surface area contributed by atoms with Crippen LogP contribution in [0.2, 0.25) is 0 Å². The van der Waals surface area contributed by atoms with Gasteiger partial charge in [0.05, 0.1) is 5.75 Å². The molecule has 1 aromatic heterocycles. The number of rotatable bonds is 6. The van der Waals surface area contributed by atoms with Crippen molar-refractivity contribution in [2.75, 3.05) is 5.75 Å². The Morgan fingerprint density at radius 1 is 1.32 bits per heavy atom. The zero-order chi connectivity index (χ0) is 13.7. The summed E-state index contributed by atoms with van der Waals surface area (Å²) in [6.07, 6.45) is 2.66. The molecule has 0 saturated heterocycles. The highest BCUT2D eigenvalue weighted by Crippen LogP contribution is 2.21. The van der Waals surface area contributed by atoms with Gasteiger partial charge in [0, 0.05) is 22.1 Å². The Hall–Kier alpha value is -1.07. The Bertz CT molecular complexity index is 551. The molecule has 0 aliphatic rings. The third-order valence-corrected chi connectivity index (χ3v) is 4.16. The van der Waals surface area contributed by atoms with E-state index in [2.05, 4.69) is 28.0 Å². The first-order valence-corrected chi connectivity index (χ1v) is 7.92. The number of hydrogen-bond donors (Lipinski definition) is 0. The van der Waals surface area contributed by atoms with Crippen LogP contribution in [-0.4, -0.2) is 21.3 Å². The molecule has 19 heavy (non-hydrogen) atoms. The van der Waals surface area contributed by atoms with Crippen molar-refractivity contribution in [3.63, 3.8) is 0 Å². The van der Waals surface area contributed by atoms with Crippen molar-refractivity contribution in [2.45, 2.75) is 24.8 Å². The number of thioether (sulfide) groups is 1. The van der Waals surface area contributed by atoms with Gasteiger partial charge in [-0.25, -0.2) is 0 Å². The van der Waals surface area contributed by atoms with Crippen LogP contribution < -0.4 is 0 Å². The van der Waals surface area contributed by atoms with Gasteiger partial charge in [-0.3, -0.25) is 9.48 Å². The molecule has 0 N–H and O–H groups in total. The van der Waals surface area contributed by atoms with Crippen molar-refractivity contribution in [3.8, 4) is 0 Å². The molecule has 2 rings (SSSR count). The first kappa shape index (κ1) is 14.3. The Labute approximate surface area is 125 Å². The van der Waals surface area contributed by atoms with Crippen LogP contribution in [0, 0.1) is 0 Å². The van der Waals surface area contributed by atoms with Gasteiger partial charge in [-0.2, -0.15) is 5.10 Å². The van der Waals surface area contributed by atoms with Crippen molar-refractivity contribution in [1.82, 2.24) is 9.78 Å². The molecule has 1 heterocycles. The van der Waals surface area contributed by atoms with Crippen LogP contribution in [0.25, 0.3) is 0 Å². The van der Waals surface area contributed by atoms with E-state index >= 15 is 0 Å². The second kappa shape index (κ2) is 6.91. The lowest BCUT2D eigenvalue weighted by Gasteiger charge is -2.05. The van der Waals surface area contributed by atoms with Crippen LogP contribution in [0.5, 0.6) is 0 Å². The van der Waals surface area contributed by atoms with E-state index in [9.17, 15) is 4.79 Å². The van der Waals surface area contributed by atoms with Crippen molar-refractivity contribution in [2.24, 2.45) is 0 Å². The van der Waals surface area contributed by atoms with Crippen LogP contribution in [0.15, 0.2) is 45.9 Å². The summed E-state index contributed by atoms with van der Waals surface area (Å²) < 4.78 is 2.83. The second-order valence-corrected chi connectivity index (χ2v) is 6.07. The van der Waals surface area contributed by atoms with E-state index in [1.807, 2.05) is 24.3 Å². The Morgan fingerprint density at radius 2 is 2.05 bits per heavy atom. The average Bonchev–Trinajstić information content (AvgIpc) is 2.86. The van der Waals surface area contributed by atoms with E-state index in [1.54, 1.807) is 28.7 Å². The van der Waals surface area contributed by atoms with E-state index in [4.69, 9.17) is 0 Å². The number of Topliss-reactive ketones (excluding diaryl/α,β-unsaturated/α-hetero) is 1. The number of carbonyl (C=O) groups excluding carboxylic acids is 1. The molecule has 0 fully saturated rings. The number of carbonyl (C=O) groups is 1. The van der Waals surface area contributed by atoms with Gasteiger partial charge in [0.2, 0.25) is 0 Å². The molecule has 5 heteroatoms. The van der Waals surface area contributed by atoms with Gasteiger partial charge in [0.1, 0.15) is 5.69 Å². The van der Waals surface area contributed by atoms with E-state index in [-0.39, 0.29) is 5.78 Å². The molecule has 0 saturated carbocycles. The van der Waals surface area contributed by atoms with E-state index < -0.39 is 0 Å². The van der Waals surface area contributed by atoms with Crippen molar-refractivity contribution >= 4 is 33.5 Å². The molecule has 0 amide bonds. The Kier molecular flexibility index (Phi) is 5.22. The molecule has 0 atom stereocenters. The number of nitrogens with zero attached hydrogens (tertiary/aromatic N) is 2. The normalized spacial score (nSPS) is 10.6. The minimum absolute atomic E-state index is 0.124. The van der Waals surface area contributed by atoms with Gasteiger partial charge in [-0.1, -0.05) is 22.9 Å². The molecule has 100 valence electrons. The maximum atomic E-state index is 12.2. The molecule has 0 spiro atoms. The number of hydrogen-bond acceptors (Lipinski definition) is 3. The SMILES string of the molecule is CCCn1nccc1C(=O)CSc1ccc(Br)cc1. The van der Waals surface area contributed by atoms with Crippen LogP contribution in [-0.2, 0) is 6.54 Å². The maximum Gasteiger partial charge on any atom is 0.191 e. The minimum Gasteiger partial charge on any atom is -0.292 e. The molecular formula is C14H15BrN2OS. The summed E-state index contributed by atoms with van der Waals surface area (Å²) in [7, 11) is 0. The number of ketones is 1. The van der Waals surface area contributed by atoms with E-state index in [0.717, 1.165) is 22.3 Å². The molecule has 2 aromatic rings. The number of halogens is 1. The molecular weight excluding hydrogens is 324 g/mol. The molecule has 1 aromatic carbocycles. The quantitative estimate of drug-likeness (QED) is 0.589. The van der Waals surface area contributed by atoms with Crippen LogP contribution in [0.3, 0.4) is 0 Å². The summed E-state index contributed by atoms with van der Waals surface area (Å²) in [6, 6.07) is 9.76. The number of aromatic nitrogens is 2. The van der Waals surface area contributed by atoms with E-state index in [1.165, 1.54) is 0 Å². The zero-order valence-electron chi connectivity index (χ0n) is 10.7. The van der Waals surface area contributed by atoms with Crippen LogP contribution >= 0.6 is 27.7 Å². The lowest BCUT2D eigenvalue weighted by Crippen LogP contribution is -2.12. The maximum absolute atomic E-state index is 12.2. The highest BCUT2D eigenvalue weighted by molar-refractivity contribution is 9.10. The predicted molar refractivity (Wildman–Crippen MR) is 81.7 cm³/mol. The monoisotopic (exact) mass is 338 g/mol. The minimum atomic E-state index is 0.124. The lowest BCUT2D eigenvalue weighted by molar-refractivity contribution is 0.101. The Morgan fingerprint density at radius 3 is 2.74 bits per heavy atom. The Balaban J connectivity index is 1.97. The van der Waals surface area contributed by atoms with Crippen LogP contribution in [0.1, 0.15) is 23.8 Å². The summed E-state index contributed by atoms with van der Waals surface area (Å²) in [6.45, 7) is 2.86. The number of aryl methyl sites for hydroxylation is 1. The van der Waals surface area contributed by atoms with Gasteiger partial charge >= 0.3 is 0 Å². The second-order valence-electron chi connectivity index (χ2n) is 4.11. The first-order chi connectivity index (χ1) is 9.20. The van der Waals surface area contributed by atoms with Gasteiger partial charge in [-0.15, -0.1) is 11.8 Å². The summed E-state index contributed by atoms with van der Waals surface area (Å²) in [4.78, 5) is 13.2. The highest BCUT2D eigenvalue weighted by Gasteiger charge is 2.11. The molecule has 0 radical (unpaired) electrons. The van der Waals surface area contributed by atoms with Crippen molar-refractivity contribution in [1.29, 1.82) is 0 Å². The molecule has 0 aliphatic carbocycles. The number of benzene rings is 1. The molecule has 0 unspecified atom stereocenters. The standard InChI is InChI=1S/C14H15BrN2OS/c1-2-9-17-13(7-8-16-17)14(18)10-19-12-5-3-11(15)4-6-12/h3-8H,2,9-10H2,1H3. The summed E-state index contributed by atoms with van der Waals surface area (Å²) in [5.74, 6) is 0.565. The molecule has 0 aliphatic heterocycles. The molecule has 0 bridgehead atoms. The zero-order valence-corrected chi connectivity index (χ0v) is 13.1. The van der Waals surface area contributed by atoms with Gasteiger partial charge in [0.15, 0.2) is 5.78 Å². The fraction of sp³-hybridized carbons (Fsp3) is 0.286. The fourth-order valence-electron chi connectivity index (χ4n) is 1.71. The third kappa shape index (κ3) is 3.94. The molecule has 3 nitrogen and oxygen atoms in total. The van der Waals surface area contributed by atoms with Gasteiger partial charge in [0.25, 0.3) is 0 Å². The lowest BCUT2D eigenvalue weighted by atomic mass is 10.3. The van der Waals surface area contributed by atoms with E-state index in [0.29, 0.717) is 11.4 Å². The van der Waals surface area contributed by atoms with Gasteiger partial charge < -0.3 is 0 Å². The van der Waals surface area contributed by atoms with Gasteiger partial charge in [-0.05, 0) is 36.8 Å². The summed E-state index contributed by atoms with van der Waals surface area (Å²) in [5.41, 5.74) is 0.700. The smallest absolute Gasteiger partial charge is 0.191 e. The summed E-state index contributed by atoms with van der Waals surface area (Å²) in [5, 5.41) is 4.17. The summed E-state index contributed by atoms with van der Waals surface area (Å²) >= 11 is 4.95. The third-order valence-electron chi connectivity index (χ3n) is 2.62.